The monoisotopic (exact) mass is 543 g/mol. The molecule has 0 spiro atoms. The summed E-state index contributed by atoms with van der Waals surface area (Å²) < 4.78 is 5.46. The lowest BCUT2D eigenvalue weighted by atomic mass is 9.94. The van der Waals surface area contributed by atoms with Gasteiger partial charge in [0.05, 0.1) is 24.8 Å². The zero-order valence-corrected chi connectivity index (χ0v) is 24.2. The van der Waals surface area contributed by atoms with Crippen LogP contribution in [0.4, 0.5) is 5.69 Å². The van der Waals surface area contributed by atoms with E-state index in [-0.39, 0.29) is 18.4 Å². The van der Waals surface area contributed by atoms with Crippen LogP contribution in [0.15, 0.2) is 47.1 Å². The zero-order chi connectivity index (χ0) is 28.2. The first-order valence-electron chi connectivity index (χ1n) is 14.5. The van der Waals surface area contributed by atoms with Crippen LogP contribution in [0.3, 0.4) is 0 Å². The lowest BCUT2D eigenvalue weighted by Gasteiger charge is -2.30. The van der Waals surface area contributed by atoms with Gasteiger partial charge in [-0.25, -0.2) is 4.99 Å². The van der Waals surface area contributed by atoms with E-state index in [0.717, 1.165) is 79.3 Å². The molecule has 1 atom stereocenters. The van der Waals surface area contributed by atoms with Crippen molar-refractivity contribution in [1.29, 1.82) is 0 Å². The van der Waals surface area contributed by atoms with Gasteiger partial charge >= 0.3 is 0 Å². The molecule has 3 aliphatic rings. The van der Waals surface area contributed by atoms with Crippen LogP contribution in [0.5, 0.6) is 0 Å². The first-order chi connectivity index (χ1) is 19.3. The minimum Gasteiger partial charge on any atom is -0.379 e. The summed E-state index contributed by atoms with van der Waals surface area (Å²) in [5.41, 5.74) is 7.24. The maximum atomic E-state index is 13.6. The number of rotatable bonds is 8. The van der Waals surface area contributed by atoms with Crippen LogP contribution in [0.1, 0.15) is 61.1 Å². The first-order valence-corrected chi connectivity index (χ1v) is 14.5. The van der Waals surface area contributed by atoms with Gasteiger partial charge in [0.1, 0.15) is 0 Å². The van der Waals surface area contributed by atoms with Crippen molar-refractivity contribution in [2.24, 2.45) is 10.9 Å². The SMILES string of the molecule is CC1=CC(C)=NC(=O)C1CNC(=O)c1cc(-c2ccc(CN3CCOCC3)nc2)cc(N(C)C2CCCC2)c1C. The van der Waals surface area contributed by atoms with E-state index >= 15 is 0 Å². The Hall–Kier alpha value is -3.36. The number of anilines is 1. The molecule has 2 aromatic rings. The van der Waals surface area contributed by atoms with Crippen LogP contribution < -0.4 is 10.2 Å². The van der Waals surface area contributed by atoms with Crippen molar-refractivity contribution < 1.29 is 14.3 Å². The Kier molecular flexibility index (Phi) is 8.76. The number of pyridine rings is 1. The second-order valence-corrected chi connectivity index (χ2v) is 11.4. The summed E-state index contributed by atoms with van der Waals surface area (Å²) >= 11 is 0. The van der Waals surface area contributed by atoms with E-state index in [9.17, 15) is 9.59 Å². The molecule has 8 heteroatoms. The van der Waals surface area contributed by atoms with Gasteiger partial charge in [-0.3, -0.25) is 19.5 Å². The topological polar surface area (TPSA) is 87.1 Å². The number of carbonyl (C=O) groups is 2. The number of carbonyl (C=O) groups excluding carboxylic acids is 2. The van der Waals surface area contributed by atoms with E-state index in [4.69, 9.17) is 9.72 Å². The summed E-state index contributed by atoms with van der Waals surface area (Å²) in [4.78, 5) is 39.7. The summed E-state index contributed by atoms with van der Waals surface area (Å²) in [6, 6.07) is 8.80. The maximum absolute atomic E-state index is 13.6. The highest BCUT2D eigenvalue weighted by molar-refractivity contribution is 6.06. The predicted octanol–water partition coefficient (Wildman–Crippen LogP) is 4.56. The van der Waals surface area contributed by atoms with Gasteiger partial charge in [0.25, 0.3) is 11.8 Å². The number of aromatic nitrogens is 1. The molecule has 40 heavy (non-hydrogen) atoms. The minimum atomic E-state index is -0.431. The summed E-state index contributed by atoms with van der Waals surface area (Å²) in [7, 11) is 2.14. The third-order valence-electron chi connectivity index (χ3n) is 8.56. The number of hydrogen-bond acceptors (Lipinski definition) is 6. The lowest BCUT2D eigenvalue weighted by molar-refractivity contribution is -0.120. The Balaban J connectivity index is 1.41. The Morgan fingerprint density at radius 3 is 2.52 bits per heavy atom. The van der Waals surface area contributed by atoms with Gasteiger partial charge in [0.2, 0.25) is 0 Å². The Bertz CT molecular complexity index is 1300. The highest BCUT2D eigenvalue weighted by Crippen LogP contribution is 2.34. The van der Waals surface area contributed by atoms with E-state index in [1.807, 2.05) is 39.1 Å². The lowest BCUT2D eigenvalue weighted by Crippen LogP contribution is -2.35. The number of benzene rings is 1. The molecule has 0 bridgehead atoms. The van der Waals surface area contributed by atoms with E-state index in [0.29, 0.717) is 17.3 Å². The molecule has 2 amide bonds. The fourth-order valence-electron chi connectivity index (χ4n) is 6.08. The molecule has 1 saturated carbocycles. The van der Waals surface area contributed by atoms with Crippen LogP contribution in [0, 0.1) is 12.8 Å². The third kappa shape index (κ3) is 6.34. The van der Waals surface area contributed by atoms with Gasteiger partial charge in [-0.1, -0.05) is 24.5 Å². The number of morpholine rings is 1. The van der Waals surface area contributed by atoms with Crippen molar-refractivity contribution in [1.82, 2.24) is 15.2 Å². The smallest absolute Gasteiger partial charge is 0.254 e. The van der Waals surface area contributed by atoms with Gasteiger partial charge in [-0.15, -0.1) is 0 Å². The third-order valence-corrected chi connectivity index (χ3v) is 8.56. The molecular weight excluding hydrogens is 502 g/mol. The number of aliphatic imine (C=N–C) groups is 1. The molecule has 1 saturated heterocycles. The molecule has 8 nitrogen and oxygen atoms in total. The van der Waals surface area contributed by atoms with Crippen molar-refractivity contribution in [3.05, 3.63) is 58.9 Å². The zero-order valence-electron chi connectivity index (χ0n) is 24.2. The number of nitrogens with one attached hydrogen (secondary N) is 1. The Morgan fingerprint density at radius 2 is 1.85 bits per heavy atom. The molecule has 3 heterocycles. The molecule has 1 aromatic carbocycles. The predicted molar refractivity (Wildman–Crippen MR) is 159 cm³/mol. The van der Waals surface area contributed by atoms with Crippen molar-refractivity contribution in [2.75, 3.05) is 44.8 Å². The molecule has 1 unspecified atom stereocenters. The summed E-state index contributed by atoms with van der Waals surface area (Å²) in [6.45, 7) is 10.2. The summed E-state index contributed by atoms with van der Waals surface area (Å²) in [6.07, 6.45) is 8.62. The van der Waals surface area contributed by atoms with Gasteiger partial charge in [0, 0.05) is 68.0 Å². The molecular formula is C32H41N5O3. The minimum absolute atomic E-state index is 0.177. The van der Waals surface area contributed by atoms with E-state index in [1.165, 1.54) is 12.8 Å². The van der Waals surface area contributed by atoms with Gasteiger partial charge in [-0.05, 0) is 69.0 Å². The van der Waals surface area contributed by atoms with E-state index in [1.54, 1.807) is 0 Å². The molecule has 2 fully saturated rings. The number of ether oxygens (including phenoxy) is 1. The van der Waals surface area contributed by atoms with Crippen molar-refractivity contribution in [3.8, 4) is 11.1 Å². The van der Waals surface area contributed by atoms with Gasteiger partial charge in [0.15, 0.2) is 0 Å². The van der Waals surface area contributed by atoms with Crippen LogP contribution >= 0.6 is 0 Å². The molecule has 212 valence electrons. The number of amides is 2. The molecule has 1 N–H and O–H groups in total. The molecule has 5 rings (SSSR count). The fourth-order valence-corrected chi connectivity index (χ4v) is 6.08. The fraction of sp³-hybridized carbons (Fsp3) is 0.500. The number of hydrogen-bond donors (Lipinski definition) is 1. The van der Waals surface area contributed by atoms with Gasteiger partial charge < -0.3 is 15.0 Å². The standard InChI is InChI=1S/C32H41N5O3/c1-21-15-22(2)35-32(39)29(21)19-34-31(38)28-16-25(17-30(23(28)3)36(4)27-7-5-6-8-27)24-9-10-26(33-18-24)20-37-11-13-40-14-12-37/h9-10,15-18,27,29H,5-8,11-14,19-20H2,1-4H3,(H,34,38). The van der Waals surface area contributed by atoms with E-state index < -0.39 is 5.92 Å². The quantitative estimate of drug-likeness (QED) is 0.525. The normalized spacial score (nSPS) is 20.3. The van der Waals surface area contributed by atoms with Crippen LogP contribution in [-0.4, -0.2) is 73.3 Å². The second-order valence-electron chi connectivity index (χ2n) is 11.4. The largest absolute Gasteiger partial charge is 0.379 e. The van der Waals surface area contributed by atoms with Crippen LogP contribution in [0.25, 0.3) is 11.1 Å². The van der Waals surface area contributed by atoms with E-state index in [2.05, 4.69) is 45.4 Å². The maximum Gasteiger partial charge on any atom is 0.254 e. The molecule has 1 aromatic heterocycles. The van der Waals surface area contributed by atoms with Crippen LogP contribution in [0.2, 0.25) is 0 Å². The molecule has 2 aliphatic heterocycles. The van der Waals surface area contributed by atoms with Gasteiger partial charge in [-0.2, -0.15) is 0 Å². The Morgan fingerprint density at radius 1 is 1.10 bits per heavy atom. The summed E-state index contributed by atoms with van der Waals surface area (Å²) in [5.74, 6) is -0.808. The first kappa shape index (κ1) is 28.2. The Labute approximate surface area is 237 Å². The van der Waals surface area contributed by atoms with Crippen molar-refractivity contribution in [2.45, 2.75) is 59.0 Å². The molecule has 1 aliphatic carbocycles. The number of allylic oxidation sites excluding steroid dienone is 1. The number of nitrogens with zero attached hydrogens (tertiary/aromatic N) is 4. The second kappa shape index (κ2) is 12.4. The highest BCUT2D eigenvalue weighted by atomic mass is 16.5. The molecule has 0 radical (unpaired) electrons. The highest BCUT2D eigenvalue weighted by Gasteiger charge is 2.27. The average Bonchev–Trinajstić information content (AvgIpc) is 3.48. The van der Waals surface area contributed by atoms with Crippen molar-refractivity contribution >= 4 is 23.2 Å². The van der Waals surface area contributed by atoms with Crippen molar-refractivity contribution in [3.63, 3.8) is 0 Å². The van der Waals surface area contributed by atoms with Crippen LogP contribution in [-0.2, 0) is 16.1 Å². The summed E-state index contributed by atoms with van der Waals surface area (Å²) in [5, 5.41) is 3.03. The average molecular weight is 544 g/mol. The number of dihydropyridines is 1.